The van der Waals surface area contributed by atoms with Gasteiger partial charge in [-0.3, -0.25) is 0 Å². The van der Waals surface area contributed by atoms with E-state index in [4.69, 9.17) is 0 Å². The van der Waals surface area contributed by atoms with Crippen molar-refractivity contribution in [3.8, 4) is 0 Å². The van der Waals surface area contributed by atoms with Gasteiger partial charge < -0.3 is 0 Å². The molecule has 0 rings (SSSR count). The quantitative estimate of drug-likeness (QED) is 0.273. The van der Waals surface area contributed by atoms with Gasteiger partial charge in [-0.1, -0.05) is 0 Å². The van der Waals surface area contributed by atoms with Gasteiger partial charge in [0, 0.05) is 0 Å². The predicted octanol–water partition coefficient (Wildman–Crippen LogP) is 6.58. The van der Waals surface area contributed by atoms with Gasteiger partial charge in [0.2, 0.25) is 0 Å². The Kier molecular flexibility index (Phi) is 11.3. The zero-order valence-electron chi connectivity index (χ0n) is 13.1. The number of hydrogen-bond donors (Lipinski definition) is 0. The van der Waals surface area contributed by atoms with E-state index < -0.39 is 18.4 Å². The van der Waals surface area contributed by atoms with Crippen LogP contribution in [0, 0.1) is 0 Å². The van der Waals surface area contributed by atoms with E-state index in [2.05, 4.69) is 33.9 Å². The van der Waals surface area contributed by atoms with E-state index in [0.29, 0.717) is 0 Å². The second-order valence-electron chi connectivity index (χ2n) is 5.85. The summed E-state index contributed by atoms with van der Waals surface area (Å²) < 4.78 is 6.12. The molecule has 1 heteroatoms. The van der Waals surface area contributed by atoms with Crippen molar-refractivity contribution in [3.05, 3.63) is 24.8 Å². The van der Waals surface area contributed by atoms with Crippen LogP contribution in [0.25, 0.3) is 0 Å². The Morgan fingerprint density at radius 1 is 0.889 bits per heavy atom. The van der Waals surface area contributed by atoms with E-state index in [0.717, 1.165) is 0 Å². The summed E-state index contributed by atoms with van der Waals surface area (Å²) in [6, 6.07) is 0. The van der Waals surface area contributed by atoms with Crippen LogP contribution in [0.2, 0.25) is 17.7 Å². The van der Waals surface area contributed by atoms with Gasteiger partial charge in [0.05, 0.1) is 0 Å². The molecule has 18 heavy (non-hydrogen) atoms. The van der Waals surface area contributed by atoms with Crippen LogP contribution >= 0.6 is 0 Å². The molecule has 106 valence electrons. The van der Waals surface area contributed by atoms with Gasteiger partial charge in [-0.2, -0.15) is 0 Å². The molecule has 0 atom stereocenters. The first-order chi connectivity index (χ1) is 8.64. The van der Waals surface area contributed by atoms with Crippen LogP contribution in [0.4, 0.5) is 0 Å². The minimum absolute atomic E-state index is 1.33. The maximum atomic E-state index is 4.22. The summed E-state index contributed by atoms with van der Waals surface area (Å²) >= 11 is -1.94. The summed E-state index contributed by atoms with van der Waals surface area (Å²) in [6.07, 6.45) is 10.4. The first-order valence-electron chi connectivity index (χ1n) is 7.94. The van der Waals surface area contributed by atoms with E-state index in [1.54, 1.807) is 13.3 Å². The van der Waals surface area contributed by atoms with E-state index in [1.807, 2.05) is 6.08 Å². The third-order valence-electron chi connectivity index (χ3n) is 4.07. The first-order valence-corrected chi connectivity index (χ1v) is 16.0. The van der Waals surface area contributed by atoms with Crippen molar-refractivity contribution in [2.75, 3.05) is 0 Å². The molecule has 0 amide bonds. The number of rotatable bonds is 12. The van der Waals surface area contributed by atoms with Crippen molar-refractivity contribution in [2.24, 2.45) is 0 Å². The molecule has 0 nitrogen and oxygen atoms in total. The second kappa shape index (κ2) is 11.1. The van der Waals surface area contributed by atoms with Crippen molar-refractivity contribution in [1.29, 1.82) is 0 Å². The van der Waals surface area contributed by atoms with E-state index in [1.165, 1.54) is 48.5 Å². The van der Waals surface area contributed by atoms with Gasteiger partial charge in [0.15, 0.2) is 0 Å². The van der Waals surface area contributed by atoms with E-state index in [-0.39, 0.29) is 0 Å². The third kappa shape index (κ3) is 7.66. The molecule has 0 aliphatic rings. The van der Waals surface area contributed by atoms with E-state index >= 15 is 0 Å². The molecule has 0 bridgehead atoms. The summed E-state index contributed by atoms with van der Waals surface area (Å²) in [5.41, 5.74) is 1.33. The Bertz CT molecular complexity index is 208. The molecule has 0 heterocycles. The van der Waals surface area contributed by atoms with Gasteiger partial charge in [-0.25, -0.2) is 0 Å². The SMILES string of the molecule is C=CC(=C)[CH2][Sn]([CH2]CCC)([CH2]CCC)[CH2]CCC. The molecule has 0 spiro atoms. The molecule has 0 aliphatic heterocycles. The fourth-order valence-electron chi connectivity index (χ4n) is 2.85. The summed E-state index contributed by atoms with van der Waals surface area (Å²) in [7, 11) is 0. The molecule has 0 aliphatic carbocycles. The summed E-state index contributed by atoms with van der Waals surface area (Å²) in [6.45, 7) is 15.1. The fourth-order valence-corrected chi connectivity index (χ4v) is 19.1. The average molecular weight is 357 g/mol. The molecule has 0 fully saturated rings. The third-order valence-corrected chi connectivity index (χ3v) is 19.6. The maximum absolute atomic E-state index is 4.22. The molecule has 0 aromatic heterocycles. The van der Waals surface area contributed by atoms with Crippen molar-refractivity contribution in [3.63, 3.8) is 0 Å². The van der Waals surface area contributed by atoms with Gasteiger partial charge in [0.25, 0.3) is 0 Å². The standard InChI is InChI=1S/C5H7.3C4H9.Sn/c1-4-5(2)3;3*1-3-4-2;/h4H,1-3H2;3*1,3-4H2,2H3;. The van der Waals surface area contributed by atoms with Crippen LogP contribution in [-0.4, -0.2) is 18.4 Å². The predicted molar refractivity (Wildman–Crippen MR) is 89.0 cm³/mol. The van der Waals surface area contributed by atoms with Crippen LogP contribution in [0.5, 0.6) is 0 Å². The van der Waals surface area contributed by atoms with E-state index in [9.17, 15) is 0 Å². The van der Waals surface area contributed by atoms with Crippen LogP contribution in [-0.2, 0) is 0 Å². The molecule has 0 radical (unpaired) electrons. The Labute approximate surface area is 120 Å². The normalized spacial score (nSPS) is 11.5. The molecular formula is C17H34Sn. The molecule has 0 saturated carbocycles. The Hall–Kier alpha value is 0.279. The first kappa shape index (κ1) is 18.3. The number of unbranched alkanes of at least 4 members (excludes halogenated alkanes) is 3. The average Bonchev–Trinajstić information content (AvgIpc) is 2.40. The minimum atomic E-state index is -1.94. The molecule has 0 unspecified atom stereocenters. The molecule has 0 aromatic carbocycles. The van der Waals surface area contributed by atoms with Crippen molar-refractivity contribution >= 4 is 18.4 Å². The van der Waals surface area contributed by atoms with Crippen molar-refractivity contribution in [2.45, 2.75) is 77.0 Å². The van der Waals surface area contributed by atoms with Crippen LogP contribution in [0.1, 0.15) is 59.3 Å². The number of allylic oxidation sites excluding steroid dienone is 2. The molecule has 0 N–H and O–H groups in total. The molecular weight excluding hydrogens is 323 g/mol. The summed E-state index contributed by atoms with van der Waals surface area (Å²) in [5, 5.41) is 0. The second-order valence-corrected chi connectivity index (χ2v) is 19.7. The Balaban J connectivity index is 4.71. The van der Waals surface area contributed by atoms with Gasteiger partial charge >= 0.3 is 120 Å². The Morgan fingerprint density at radius 2 is 1.28 bits per heavy atom. The molecule has 0 saturated heterocycles. The molecule has 0 aromatic rings. The monoisotopic (exact) mass is 358 g/mol. The summed E-state index contributed by atoms with van der Waals surface area (Å²) in [5.74, 6) is 0. The van der Waals surface area contributed by atoms with Crippen LogP contribution in [0.15, 0.2) is 24.8 Å². The fraction of sp³-hybridized carbons (Fsp3) is 0.765. The van der Waals surface area contributed by atoms with Crippen LogP contribution in [0.3, 0.4) is 0 Å². The van der Waals surface area contributed by atoms with Crippen molar-refractivity contribution in [1.82, 2.24) is 0 Å². The Morgan fingerprint density at radius 3 is 1.56 bits per heavy atom. The number of hydrogen-bond acceptors (Lipinski definition) is 0. The van der Waals surface area contributed by atoms with Crippen LogP contribution < -0.4 is 0 Å². The van der Waals surface area contributed by atoms with Gasteiger partial charge in [-0.15, -0.1) is 0 Å². The van der Waals surface area contributed by atoms with Crippen molar-refractivity contribution < 1.29 is 0 Å². The zero-order valence-corrected chi connectivity index (χ0v) is 15.9. The zero-order chi connectivity index (χ0) is 13.9. The summed E-state index contributed by atoms with van der Waals surface area (Å²) in [4.78, 5) is 0. The van der Waals surface area contributed by atoms with Gasteiger partial charge in [-0.05, 0) is 0 Å². The topological polar surface area (TPSA) is 0 Å². The van der Waals surface area contributed by atoms with Gasteiger partial charge in [0.1, 0.15) is 0 Å².